The lowest BCUT2D eigenvalue weighted by molar-refractivity contribution is 0.0569. The number of hydrogen-bond donors (Lipinski definition) is 1. The molecule has 112 valence electrons. The maximum Gasteiger partial charge on any atom is 0.0917 e. The van der Waals surface area contributed by atoms with Gasteiger partial charge in [0.05, 0.1) is 6.10 Å². The van der Waals surface area contributed by atoms with Crippen molar-refractivity contribution in [1.82, 2.24) is 4.90 Å². The molecule has 1 saturated heterocycles. The maximum absolute atomic E-state index is 10.6. The highest BCUT2D eigenvalue weighted by Crippen LogP contribution is 2.26. The lowest BCUT2D eigenvalue weighted by Crippen LogP contribution is -2.43. The van der Waals surface area contributed by atoms with E-state index in [1.165, 1.54) is 23.6 Å². The van der Waals surface area contributed by atoms with Gasteiger partial charge in [-0.15, -0.1) is 0 Å². The molecule has 3 atom stereocenters. The maximum atomic E-state index is 10.6. The minimum absolute atomic E-state index is 0.401. The van der Waals surface area contributed by atoms with Crippen molar-refractivity contribution >= 4 is 10.8 Å². The fourth-order valence-corrected chi connectivity index (χ4v) is 3.38. The van der Waals surface area contributed by atoms with Crippen molar-refractivity contribution in [3.05, 3.63) is 48.0 Å². The Morgan fingerprint density at radius 3 is 2.67 bits per heavy atom. The van der Waals surface area contributed by atoms with Crippen molar-refractivity contribution in [3.8, 4) is 0 Å². The third-order valence-corrected chi connectivity index (χ3v) is 4.81. The van der Waals surface area contributed by atoms with Crippen molar-refractivity contribution in [2.45, 2.75) is 38.8 Å². The van der Waals surface area contributed by atoms with Gasteiger partial charge in [0.2, 0.25) is 0 Å². The third kappa shape index (κ3) is 3.28. The van der Waals surface area contributed by atoms with E-state index < -0.39 is 6.10 Å². The molecule has 0 aliphatic carbocycles. The van der Waals surface area contributed by atoms with Crippen LogP contribution in [0.2, 0.25) is 0 Å². The summed E-state index contributed by atoms with van der Waals surface area (Å²) in [6.07, 6.45) is 2.15. The Morgan fingerprint density at radius 2 is 1.86 bits per heavy atom. The Hall–Kier alpha value is -1.38. The van der Waals surface area contributed by atoms with Gasteiger partial charge in [-0.05, 0) is 48.1 Å². The molecule has 0 radical (unpaired) electrons. The highest BCUT2D eigenvalue weighted by Gasteiger charge is 2.25. The molecule has 1 N–H and O–H groups in total. The quantitative estimate of drug-likeness (QED) is 0.920. The number of aliphatic hydroxyl groups is 1. The summed E-state index contributed by atoms with van der Waals surface area (Å²) >= 11 is 0. The van der Waals surface area contributed by atoms with Crippen molar-refractivity contribution < 1.29 is 5.11 Å². The Bertz CT molecular complexity index is 609. The molecule has 0 amide bonds. The number of hydrogen-bond acceptors (Lipinski definition) is 2. The zero-order valence-electron chi connectivity index (χ0n) is 13.0. The standard InChI is InChI=1S/C19H25NO/c1-14-7-8-15(2)20(12-14)13-19(21)18-10-9-16-5-3-4-6-17(16)11-18/h3-6,9-11,14-15,19,21H,7-8,12-13H2,1-2H3. The topological polar surface area (TPSA) is 23.5 Å². The van der Waals surface area contributed by atoms with Gasteiger partial charge in [-0.3, -0.25) is 4.90 Å². The molecule has 2 aromatic rings. The summed E-state index contributed by atoms with van der Waals surface area (Å²) < 4.78 is 0. The number of likely N-dealkylation sites (tertiary alicyclic amines) is 1. The summed E-state index contributed by atoms with van der Waals surface area (Å²) in [7, 11) is 0. The van der Waals surface area contributed by atoms with Gasteiger partial charge >= 0.3 is 0 Å². The van der Waals surface area contributed by atoms with Crippen LogP contribution >= 0.6 is 0 Å². The fraction of sp³-hybridized carbons (Fsp3) is 0.474. The SMILES string of the molecule is CC1CCC(C)N(CC(O)c2ccc3ccccc3c2)C1. The van der Waals surface area contributed by atoms with E-state index in [0.29, 0.717) is 6.04 Å². The van der Waals surface area contributed by atoms with E-state index in [-0.39, 0.29) is 0 Å². The van der Waals surface area contributed by atoms with E-state index in [4.69, 9.17) is 0 Å². The second-order valence-electron chi connectivity index (χ2n) is 6.61. The predicted molar refractivity (Wildman–Crippen MR) is 88.3 cm³/mol. The monoisotopic (exact) mass is 283 g/mol. The van der Waals surface area contributed by atoms with E-state index in [2.05, 4.69) is 55.1 Å². The molecule has 0 saturated carbocycles. The number of rotatable bonds is 3. The van der Waals surface area contributed by atoms with Gasteiger partial charge in [-0.2, -0.15) is 0 Å². The number of piperidine rings is 1. The molecule has 1 aliphatic heterocycles. The molecular weight excluding hydrogens is 258 g/mol. The second-order valence-corrected chi connectivity index (χ2v) is 6.61. The van der Waals surface area contributed by atoms with Crippen LogP contribution in [-0.4, -0.2) is 29.1 Å². The molecule has 2 heteroatoms. The molecule has 0 bridgehead atoms. The lowest BCUT2D eigenvalue weighted by Gasteiger charge is -2.37. The zero-order valence-corrected chi connectivity index (χ0v) is 13.0. The number of nitrogens with zero attached hydrogens (tertiary/aromatic N) is 1. The van der Waals surface area contributed by atoms with E-state index in [0.717, 1.165) is 24.6 Å². The van der Waals surface area contributed by atoms with Gasteiger partial charge in [0.15, 0.2) is 0 Å². The van der Waals surface area contributed by atoms with Crippen LogP contribution < -0.4 is 0 Å². The zero-order chi connectivity index (χ0) is 14.8. The van der Waals surface area contributed by atoms with Crippen LogP contribution in [0.1, 0.15) is 38.4 Å². The normalized spacial score (nSPS) is 25.1. The summed E-state index contributed by atoms with van der Waals surface area (Å²) in [5, 5.41) is 13.0. The molecule has 1 aliphatic rings. The number of benzene rings is 2. The van der Waals surface area contributed by atoms with Crippen LogP contribution in [0.4, 0.5) is 0 Å². The lowest BCUT2D eigenvalue weighted by atomic mass is 9.94. The Balaban J connectivity index is 1.75. The fourth-order valence-electron chi connectivity index (χ4n) is 3.38. The Kier molecular flexibility index (Phi) is 4.27. The van der Waals surface area contributed by atoms with Crippen LogP contribution in [0.3, 0.4) is 0 Å². The van der Waals surface area contributed by atoms with Crippen LogP contribution in [-0.2, 0) is 0 Å². The van der Waals surface area contributed by atoms with Gasteiger partial charge in [-0.25, -0.2) is 0 Å². The molecule has 0 aromatic heterocycles. The molecule has 2 nitrogen and oxygen atoms in total. The number of fused-ring (bicyclic) bond motifs is 1. The molecular formula is C19H25NO. The molecule has 3 rings (SSSR count). The summed E-state index contributed by atoms with van der Waals surface area (Å²) in [6, 6.07) is 15.2. The van der Waals surface area contributed by atoms with Gasteiger partial charge in [0.25, 0.3) is 0 Å². The minimum Gasteiger partial charge on any atom is -0.387 e. The first-order valence-electron chi connectivity index (χ1n) is 8.04. The van der Waals surface area contributed by atoms with Crippen molar-refractivity contribution in [2.75, 3.05) is 13.1 Å². The van der Waals surface area contributed by atoms with Gasteiger partial charge in [0, 0.05) is 19.1 Å². The second kappa shape index (κ2) is 6.17. The molecule has 0 spiro atoms. The van der Waals surface area contributed by atoms with Crippen LogP contribution in [0, 0.1) is 5.92 Å². The number of aliphatic hydroxyl groups excluding tert-OH is 1. The Labute approximate surface area is 127 Å². The predicted octanol–water partition coefficient (Wildman–Crippen LogP) is 3.99. The first-order chi connectivity index (χ1) is 10.1. The van der Waals surface area contributed by atoms with Gasteiger partial charge in [-0.1, -0.05) is 43.3 Å². The van der Waals surface area contributed by atoms with E-state index in [1.807, 2.05) is 6.07 Å². The first kappa shape index (κ1) is 14.6. The average molecular weight is 283 g/mol. The highest BCUT2D eigenvalue weighted by atomic mass is 16.3. The molecule has 21 heavy (non-hydrogen) atoms. The summed E-state index contributed by atoms with van der Waals surface area (Å²) in [4.78, 5) is 2.44. The first-order valence-corrected chi connectivity index (χ1v) is 8.04. The van der Waals surface area contributed by atoms with Gasteiger partial charge < -0.3 is 5.11 Å². The summed E-state index contributed by atoms with van der Waals surface area (Å²) in [5.74, 6) is 0.741. The molecule has 1 heterocycles. The average Bonchev–Trinajstić information content (AvgIpc) is 2.50. The summed E-state index contributed by atoms with van der Waals surface area (Å²) in [5.41, 5.74) is 1.03. The smallest absolute Gasteiger partial charge is 0.0917 e. The van der Waals surface area contributed by atoms with Crippen molar-refractivity contribution in [2.24, 2.45) is 5.92 Å². The third-order valence-electron chi connectivity index (χ3n) is 4.81. The summed E-state index contributed by atoms with van der Waals surface area (Å²) in [6.45, 7) is 6.43. The molecule has 1 fully saturated rings. The Morgan fingerprint density at radius 1 is 1.10 bits per heavy atom. The van der Waals surface area contributed by atoms with Gasteiger partial charge in [0.1, 0.15) is 0 Å². The van der Waals surface area contributed by atoms with Crippen LogP contribution in [0.15, 0.2) is 42.5 Å². The molecule has 3 unspecified atom stereocenters. The van der Waals surface area contributed by atoms with Crippen molar-refractivity contribution in [3.63, 3.8) is 0 Å². The van der Waals surface area contributed by atoms with E-state index in [9.17, 15) is 5.11 Å². The van der Waals surface area contributed by atoms with E-state index in [1.54, 1.807) is 0 Å². The largest absolute Gasteiger partial charge is 0.387 e. The van der Waals surface area contributed by atoms with Crippen LogP contribution in [0.5, 0.6) is 0 Å². The number of β-amino-alcohol motifs (C(OH)–C–C–N with tert-alkyl or cyclic N) is 1. The van der Waals surface area contributed by atoms with Crippen LogP contribution in [0.25, 0.3) is 10.8 Å². The highest BCUT2D eigenvalue weighted by molar-refractivity contribution is 5.83. The van der Waals surface area contributed by atoms with Crippen molar-refractivity contribution in [1.29, 1.82) is 0 Å². The minimum atomic E-state index is -0.401. The molecule has 2 aromatic carbocycles. The van der Waals surface area contributed by atoms with E-state index >= 15 is 0 Å².